The summed E-state index contributed by atoms with van der Waals surface area (Å²) in [5, 5.41) is 11.5. The number of rotatable bonds is 5. The average molecular weight is 459 g/mol. The van der Waals surface area contributed by atoms with Gasteiger partial charge in [0.05, 0.1) is 10.7 Å². The second-order valence-electron chi connectivity index (χ2n) is 6.91. The van der Waals surface area contributed by atoms with Crippen LogP contribution in [0.5, 0.6) is 0 Å². The minimum atomic E-state index is -5.12. The van der Waals surface area contributed by atoms with Crippen LogP contribution < -0.4 is 10.2 Å². The fraction of sp³-hybridized carbons (Fsp3) is 0.300. The summed E-state index contributed by atoms with van der Waals surface area (Å²) in [6, 6.07) is 11.9. The molecule has 1 atom stereocenters. The fourth-order valence-corrected chi connectivity index (χ4v) is 3.93. The summed E-state index contributed by atoms with van der Waals surface area (Å²) in [4.78, 5) is 26.9. The number of carbonyl (C=O) groups is 2. The van der Waals surface area contributed by atoms with Gasteiger partial charge in [-0.1, -0.05) is 23.4 Å². The summed E-state index contributed by atoms with van der Waals surface area (Å²) in [5.74, 6) is -1.52. The predicted molar refractivity (Wildman–Crippen MR) is 109 cm³/mol. The van der Waals surface area contributed by atoms with E-state index in [4.69, 9.17) is 11.6 Å². The molecule has 160 valence electrons. The van der Waals surface area contributed by atoms with E-state index in [0.29, 0.717) is 24.8 Å². The molecule has 0 aromatic heterocycles. The maximum absolute atomic E-state index is 12.8. The third kappa shape index (κ3) is 4.74. The highest BCUT2D eigenvalue weighted by Gasteiger charge is 2.55. The first kappa shape index (κ1) is 22.5. The van der Waals surface area contributed by atoms with Crippen molar-refractivity contribution in [2.45, 2.75) is 41.3 Å². The third-order valence-corrected chi connectivity index (χ3v) is 5.95. The van der Waals surface area contributed by atoms with Crippen molar-refractivity contribution in [2.24, 2.45) is 0 Å². The molecule has 2 aromatic carbocycles. The van der Waals surface area contributed by atoms with E-state index in [1.54, 1.807) is 11.0 Å². The lowest BCUT2D eigenvalue weighted by Crippen LogP contribution is -2.52. The predicted octanol–water partition coefficient (Wildman–Crippen LogP) is 4.87. The monoisotopic (exact) mass is 458 g/mol. The van der Waals surface area contributed by atoms with Crippen molar-refractivity contribution in [3.05, 3.63) is 47.5 Å². The number of alkyl halides is 3. The van der Waals surface area contributed by atoms with Crippen molar-refractivity contribution >= 4 is 46.6 Å². The maximum Gasteiger partial charge on any atom is 0.426 e. The molecule has 5 nitrogen and oxygen atoms in total. The van der Waals surface area contributed by atoms with Crippen LogP contribution in [0.2, 0.25) is 5.02 Å². The van der Waals surface area contributed by atoms with Gasteiger partial charge in [-0.05, 0) is 55.8 Å². The number of aliphatic hydroxyl groups is 1. The molecule has 0 radical (unpaired) electrons. The SMILES string of the molecule is C[C@@](O)(C(=O)Nc1ccc(Sc2ccc(N3CCCC3=O)cc2)cc1Cl)C(F)(F)F. The van der Waals surface area contributed by atoms with Crippen LogP contribution in [0.25, 0.3) is 0 Å². The molecule has 0 aliphatic carbocycles. The number of anilines is 2. The standard InChI is InChI=1S/C20H18ClF3N2O3S/c1-19(29,20(22,23)24)18(28)25-16-9-8-14(11-15(16)21)30-13-6-4-12(5-7-13)26-10-2-3-17(26)27/h4-9,11,29H,2-3,10H2,1H3,(H,25,28)/t19-/m1/s1. The number of hydrogen-bond acceptors (Lipinski definition) is 4. The molecule has 1 heterocycles. The summed E-state index contributed by atoms with van der Waals surface area (Å²) in [5.41, 5.74) is -2.75. The largest absolute Gasteiger partial charge is 0.426 e. The zero-order valence-electron chi connectivity index (χ0n) is 15.8. The molecule has 0 unspecified atom stereocenters. The van der Waals surface area contributed by atoms with Gasteiger partial charge >= 0.3 is 6.18 Å². The summed E-state index contributed by atoms with van der Waals surface area (Å²) >= 11 is 7.46. The van der Waals surface area contributed by atoms with Gasteiger partial charge in [0.25, 0.3) is 5.91 Å². The first-order valence-electron chi connectivity index (χ1n) is 8.97. The molecule has 1 aliphatic rings. The molecule has 2 N–H and O–H groups in total. The lowest BCUT2D eigenvalue weighted by molar-refractivity contribution is -0.242. The van der Waals surface area contributed by atoms with Crippen molar-refractivity contribution in [1.82, 2.24) is 0 Å². The molecule has 1 fully saturated rings. The van der Waals surface area contributed by atoms with E-state index >= 15 is 0 Å². The maximum atomic E-state index is 12.8. The third-order valence-electron chi connectivity index (χ3n) is 4.64. The highest BCUT2D eigenvalue weighted by atomic mass is 35.5. The Morgan fingerprint density at radius 2 is 1.80 bits per heavy atom. The average Bonchev–Trinajstić information content (AvgIpc) is 3.09. The molecule has 0 saturated carbocycles. The molecule has 2 aromatic rings. The lowest BCUT2D eigenvalue weighted by Gasteiger charge is -2.25. The van der Waals surface area contributed by atoms with Gasteiger partial charge in [-0.25, -0.2) is 0 Å². The van der Waals surface area contributed by atoms with Crippen LogP contribution in [0.3, 0.4) is 0 Å². The Balaban J connectivity index is 1.68. The van der Waals surface area contributed by atoms with Gasteiger partial charge in [0.2, 0.25) is 11.5 Å². The van der Waals surface area contributed by atoms with E-state index in [-0.39, 0.29) is 16.6 Å². The smallest absolute Gasteiger partial charge is 0.373 e. The number of amides is 2. The molecule has 30 heavy (non-hydrogen) atoms. The molecule has 3 rings (SSSR count). The molecule has 1 aliphatic heterocycles. The number of halogens is 4. The number of hydrogen-bond donors (Lipinski definition) is 2. The Kier molecular flexibility index (Phi) is 6.35. The van der Waals surface area contributed by atoms with E-state index < -0.39 is 17.7 Å². The van der Waals surface area contributed by atoms with Crippen LogP contribution in [0.15, 0.2) is 52.3 Å². The Hall–Kier alpha value is -2.23. The number of carbonyl (C=O) groups excluding carboxylic acids is 2. The molecule has 2 amide bonds. The summed E-state index contributed by atoms with van der Waals surface area (Å²) in [6.45, 7) is 1.08. The molecule has 1 saturated heterocycles. The number of nitrogens with zero attached hydrogens (tertiary/aromatic N) is 1. The van der Waals surface area contributed by atoms with E-state index in [9.17, 15) is 27.9 Å². The Morgan fingerprint density at radius 3 is 2.33 bits per heavy atom. The van der Waals surface area contributed by atoms with Gasteiger partial charge in [0, 0.05) is 28.4 Å². The zero-order chi connectivity index (χ0) is 22.1. The molecular weight excluding hydrogens is 441 g/mol. The Bertz CT molecular complexity index is 965. The molecule has 10 heteroatoms. The van der Waals surface area contributed by atoms with Gasteiger partial charge in [-0.2, -0.15) is 13.2 Å². The van der Waals surface area contributed by atoms with Crippen molar-refractivity contribution in [2.75, 3.05) is 16.8 Å². The second kappa shape index (κ2) is 8.49. The van der Waals surface area contributed by atoms with E-state index in [1.807, 2.05) is 29.6 Å². The van der Waals surface area contributed by atoms with Crippen LogP contribution >= 0.6 is 23.4 Å². The number of nitrogens with one attached hydrogen (secondary N) is 1. The lowest BCUT2D eigenvalue weighted by atomic mass is 10.1. The topological polar surface area (TPSA) is 69.6 Å². The van der Waals surface area contributed by atoms with Crippen LogP contribution in [0.4, 0.5) is 24.5 Å². The minimum absolute atomic E-state index is 0.0330. The van der Waals surface area contributed by atoms with E-state index in [0.717, 1.165) is 17.0 Å². The molecule has 0 bridgehead atoms. The number of benzene rings is 2. The first-order valence-corrected chi connectivity index (χ1v) is 10.2. The highest BCUT2D eigenvalue weighted by Crippen LogP contribution is 2.36. The van der Waals surface area contributed by atoms with Gasteiger partial charge in [0.1, 0.15) is 0 Å². The van der Waals surface area contributed by atoms with E-state index in [2.05, 4.69) is 0 Å². The van der Waals surface area contributed by atoms with Crippen molar-refractivity contribution in [3.8, 4) is 0 Å². The van der Waals surface area contributed by atoms with Crippen LogP contribution in [-0.4, -0.2) is 35.2 Å². The van der Waals surface area contributed by atoms with Gasteiger partial charge < -0.3 is 15.3 Å². The first-order chi connectivity index (χ1) is 14.0. The summed E-state index contributed by atoms with van der Waals surface area (Å²) in [7, 11) is 0. The highest BCUT2D eigenvalue weighted by molar-refractivity contribution is 7.99. The van der Waals surface area contributed by atoms with Gasteiger partial charge in [-0.3, -0.25) is 9.59 Å². The Labute approximate surface area is 180 Å². The van der Waals surface area contributed by atoms with E-state index in [1.165, 1.54) is 23.9 Å². The van der Waals surface area contributed by atoms with Crippen LogP contribution in [-0.2, 0) is 9.59 Å². The molecule has 0 spiro atoms. The Morgan fingerprint density at radius 1 is 1.17 bits per heavy atom. The van der Waals surface area contributed by atoms with Gasteiger partial charge in [-0.15, -0.1) is 0 Å². The minimum Gasteiger partial charge on any atom is -0.373 e. The van der Waals surface area contributed by atoms with Crippen LogP contribution in [0.1, 0.15) is 19.8 Å². The summed E-state index contributed by atoms with van der Waals surface area (Å²) < 4.78 is 38.3. The quantitative estimate of drug-likeness (QED) is 0.670. The second-order valence-corrected chi connectivity index (χ2v) is 8.46. The van der Waals surface area contributed by atoms with Crippen LogP contribution in [0, 0.1) is 0 Å². The molecular formula is C20H18ClF3N2O3S. The van der Waals surface area contributed by atoms with Crippen molar-refractivity contribution < 1.29 is 27.9 Å². The van der Waals surface area contributed by atoms with Gasteiger partial charge in [0.15, 0.2) is 0 Å². The zero-order valence-corrected chi connectivity index (χ0v) is 17.4. The summed E-state index contributed by atoms with van der Waals surface area (Å²) in [6.07, 6.45) is -3.73. The van der Waals surface area contributed by atoms with Crippen molar-refractivity contribution in [3.63, 3.8) is 0 Å². The van der Waals surface area contributed by atoms with Crippen molar-refractivity contribution in [1.29, 1.82) is 0 Å². The fourth-order valence-electron chi connectivity index (χ4n) is 2.78. The normalized spacial score (nSPS) is 16.5.